The van der Waals surface area contributed by atoms with Gasteiger partial charge in [-0.2, -0.15) is 12.6 Å². The third kappa shape index (κ3) is 7.89. The van der Waals surface area contributed by atoms with Crippen LogP contribution < -0.4 is 10.6 Å². The molecule has 2 rings (SSSR count). The summed E-state index contributed by atoms with van der Waals surface area (Å²) in [6, 6.07) is 11.4. The van der Waals surface area contributed by atoms with Crippen LogP contribution in [0, 0.1) is 6.92 Å². The van der Waals surface area contributed by atoms with Gasteiger partial charge in [-0.25, -0.2) is 4.79 Å². The summed E-state index contributed by atoms with van der Waals surface area (Å²) in [5.41, 5.74) is 0.0945. The molecule has 0 aliphatic heterocycles. The second-order valence-corrected chi connectivity index (χ2v) is 10.9. The number of amides is 3. The summed E-state index contributed by atoms with van der Waals surface area (Å²) in [7, 11) is 0. The van der Waals surface area contributed by atoms with Crippen molar-refractivity contribution < 1.29 is 24.2 Å². The highest BCUT2D eigenvalue weighted by atomic mass is 32.1. The molecule has 2 unspecified atom stereocenters. The number of rotatable bonds is 9. The highest BCUT2D eigenvalue weighted by Gasteiger charge is 2.43. The quantitative estimate of drug-likeness (QED) is 0.333. The van der Waals surface area contributed by atoms with E-state index in [0.717, 1.165) is 5.56 Å². The van der Waals surface area contributed by atoms with Crippen LogP contribution in [-0.2, 0) is 14.3 Å². The van der Waals surface area contributed by atoms with Crippen LogP contribution in [0.5, 0.6) is 5.75 Å². The molecule has 2 aromatic rings. The third-order valence-electron chi connectivity index (χ3n) is 6.07. The molecule has 0 spiro atoms. The Labute approximate surface area is 225 Å². The number of ether oxygens (including phenoxy) is 1. The van der Waals surface area contributed by atoms with Gasteiger partial charge in [0.25, 0.3) is 5.91 Å². The average molecular weight is 530 g/mol. The Morgan fingerprint density at radius 1 is 1.03 bits per heavy atom. The number of carbonyl (C=O) groups excluding carboxylic acids is 3. The maximum Gasteiger partial charge on any atom is 0.408 e. The number of benzene rings is 2. The van der Waals surface area contributed by atoms with Gasteiger partial charge in [-0.3, -0.25) is 9.59 Å². The Kier molecular flexibility index (Phi) is 10.0. The van der Waals surface area contributed by atoms with E-state index in [1.54, 1.807) is 51.1 Å². The number of para-hydroxylation sites is 2. The summed E-state index contributed by atoms with van der Waals surface area (Å²) < 4.78 is 5.34. The Hall–Kier alpha value is -3.20. The number of thiol groups is 1. The summed E-state index contributed by atoms with van der Waals surface area (Å²) in [5, 5.41) is 16.3. The zero-order valence-electron chi connectivity index (χ0n) is 22.7. The molecule has 3 amide bonds. The molecule has 3 N–H and O–H groups in total. The number of aryl methyl sites for hydroxylation is 1. The van der Waals surface area contributed by atoms with Crippen molar-refractivity contribution >= 4 is 36.2 Å². The fraction of sp³-hybridized carbons (Fsp3) is 0.464. The van der Waals surface area contributed by atoms with Gasteiger partial charge in [0.05, 0.1) is 0 Å². The molecule has 0 radical (unpaired) electrons. The molecule has 8 nitrogen and oxygen atoms in total. The van der Waals surface area contributed by atoms with E-state index in [1.165, 1.54) is 11.0 Å². The van der Waals surface area contributed by atoms with E-state index in [0.29, 0.717) is 12.1 Å². The maximum absolute atomic E-state index is 14.1. The molecular formula is C28H39N3O5S. The Bertz CT molecular complexity index is 1110. The lowest BCUT2D eigenvalue weighted by Gasteiger charge is -2.44. The smallest absolute Gasteiger partial charge is 0.408 e. The van der Waals surface area contributed by atoms with Crippen LogP contribution in [0.1, 0.15) is 65.1 Å². The molecule has 0 fully saturated rings. The van der Waals surface area contributed by atoms with Crippen molar-refractivity contribution in [2.24, 2.45) is 0 Å². The third-order valence-corrected chi connectivity index (χ3v) is 6.43. The van der Waals surface area contributed by atoms with Gasteiger partial charge in [0.15, 0.2) is 0 Å². The number of carbonyl (C=O) groups is 3. The van der Waals surface area contributed by atoms with Gasteiger partial charge < -0.3 is 25.4 Å². The second kappa shape index (κ2) is 12.4. The molecule has 202 valence electrons. The van der Waals surface area contributed by atoms with E-state index in [1.807, 2.05) is 39.8 Å². The van der Waals surface area contributed by atoms with Crippen molar-refractivity contribution in [1.82, 2.24) is 10.2 Å². The van der Waals surface area contributed by atoms with Crippen molar-refractivity contribution in [2.45, 2.75) is 78.1 Å². The zero-order valence-corrected chi connectivity index (χ0v) is 23.6. The number of alkyl carbamates (subject to hydrolysis) is 1. The molecule has 37 heavy (non-hydrogen) atoms. The van der Waals surface area contributed by atoms with Crippen molar-refractivity contribution in [2.75, 3.05) is 11.1 Å². The molecule has 0 aliphatic rings. The van der Waals surface area contributed by atoms with Gasteiger partial charge >= 0.3 is 6.09 Å². The topological polar surface area (TPSA) is 108 Å². The van der Waals surface area contributed by atoms with Crippen molar-refractivity contribution in [3.8, 4) is 5.75 Å². The molecule has 9 heteroatoms. The largest absolute Gasteiger partial charge is 0.508 e. The first-order valence-corrected chi connectivity index (χ1v) is 12.9. The Balaban J connectivity index is 2.60. The van der Waals surface area contributed by atoms with E-state index >= 15 is 0 Å². The lowest BCUT2D eigenvalue weighted by Crippen LogP contribution is -2.59. The molecule has 0 saturated carbocycles. The van der Waals surface area contributed by atoms with Crippen molar-refractivity contribution in [3.05, 3.63) is 59.7 Å². The molecule has 0 aliphatic carbocycles. The monoisotopic (exact) mass is 529 g/mol. The summed E-state index contributed by atoms with van der Waals surface area (Å²) in [5.74, 6) is -1.18. The predicted octanol–water partition coefficient (Wildman–Crippen LogP) is 5.22. The highest BCUT2D eigenvalue weighted by Crippen LogP contribution is 2.36. The van der Waals surface area contributed by atoms with E-state index in [9.17, 15) is 19.5 Å². The Morgan fingerprint density at radius 2 is 1.62 bits per heavy atom. The van der Waals surface area contributed by atoms with Gasteiger partial charge in [0, 0.05) is 22.5 Å². The summed E-state index contributed by atoms with van der Waals surface area (Å²) in [6.07, 6.45) is -0.274. The van der Waals surface area contributed by atoms with Crippen LogP contribution in [0.25, 0.3) is 0 Å². The van der Waals surface area contributed by atoms with E-state index < -0.39 is 41.1 Å². The van der Waals surface area contributed by atoms with Crippen LogP contribution in [0.3, 0.4) is 0 Å². The predicted molar refractivity (Wildman–Crippen MR) is 149 cm³/mol. The number of aromatic hydroxyl groups is 1. The number of hydrogen-bond acceptors (Lipinski definition) is 6. The number of phenols is 1. The van der Waals surface area contributed by atoms with Crippen LogP contribution >= 0.6 is 12.6 Å². The number of phenolic OH excluding ortho intramolecular Hbond substituents is 1. The van der Waals surface area contributed by atoms with Crippen LogP contribution in [-0.4, -0.2) is 50.8 Å². The molecular weight excluding hydrogens is 490 g/mol. The van der Waals surface area contributed by atoms with Gasteiger partial charge in [-0.15, -0.1) is 0 Å². The zero-order chi connectivity index (χ0) is 28.0. The molecule has 0 bridgehead atoms. The van der Waals surface area contributed by atoms with Gasteiger partial charge in [0.2, 0.25) is 5.91 Å². The van der Waals surface area contributed by atoms with Crippen LogP contribution in [0.15, 0.2) is 48.5 Å². The highest BCUT2D eigenvalue weighted by molar-refractivity contribution is 7.80. The molecule has 0 heterocycles. The number of hydrogen-bond donors (Lipinski definition) is 4. The fourth-order valence-electron chi connectivity index (χ4n) is 3.78. The van der Waals surface area contributed by atoms with Crippen molar-refractivity contribution in [1.29, 1.82) is 0 Å². The molecule has 0 aromatic heterocycles. The molecule has 2 atom stereocenters. The number of nitrogens with zero attached hydrogens (tertiary/aromatic N) is 1. The van der Waals surface area contributed by atoms with E-state index in [-0.39, 0.29) is 17.1 Å². The minimum atomic E-state index is -1.20. The van der Waals surface area contributed by atoms with Gasteiger partial charge in [0.1, 0.15) is 23.4 Å². The lowest BCUT2D eigenvalue weighted by atomic mass is 9.91. The number of anilines is 1. The Morgan fingerprint density at radius 3 is 2.16 bits per heavy atom. The van der Waals surface area contributed by atoms with Crippen LogP contribution in [0.2, 0.25) is 0 Å². The van der Waals surface area contributed by atoms with Crippen LogP contribution in [0.4, 0.5) is 10.5 Å². The second-order valence-electron chi connectivity index (χ2n) is 10.5. The summed E-state index contributed by atoms with van der Waals surface area (Å²) >= 11 is 4.31. The molecule has 2 aromatic carbocycles. The van der Waals surface area contributed by atoms with Gasteiger partial charge in [-0.05, 0) is 65.7 Å². The first-order valence-electron chi connectivity index (χ1n) is 12.3. The minimum Gasteiger partial charge on any atom is -0.508 e. The summed E-state index contributed by atoms with van der Waals surface area (Å²) in [4.78, 5) is 41.9. The number of nitrogens with one attached hydrogen (secondary N) is 2. The van der Waals surface area contributed by atoms with E-state index in [2.05, 4.69) is 23.3 Å². The first kappa shape index (κ1) is 30.0. The van der Waals surface area contributed by atoms with Crippen molar-refractivity contribution in [3.63, 3.8) is 0 Å². The maximum atomic E-state index is 14.1. The lowest BCUT2D eigenvalue weighted by molar-refractivity contribution is -0.147. The standard InChI is InChI=1S/C28H39N3O5S/c1-8-28(6,7)31(25(34)21(17-37)30-26(35)36-27(3,4)5)23(19-14-10-12-16-22(19)32)24(33)29-20-15-11-9-13-18(20)2/h9-16,21,23,32,37H,8,17H2,1-7H3,(H,29,33)(H,30,35). The minimum absolute atomic E-state index is 0.0265. The first-order chi connectivity index (χ1) is 17.2. The summed E-state index contributed by atoms with van der Waals surface area (Å²) in [6.45, 7) is 12.6. The van der Waals surface area contributed by atoms with Gasteiger partial charge in [-0.1, -0.05) is 43.3 Å². The molecule has 0 saturated heterocycles. The SMILES string of the molecule is CCC(C)(C)N(C(=O)C(CS)NC(=O)OC(C)(C)C)C(C(=O)Nc1ccccc1C)c1ccccc1O. The fourth-order valence-corrected chi connectivity index (χ4v) is 4.03. The van der Waals surface area contributed by atoms with E-state index in [4.69, 9.17) is 4.74 Å². The average Bonchev–Trinajstić information content (AvgIpc) is 2.81. The normalized spacial score (nSPS) is 13.3.